The van der Waals surface area contributed by atoms with Gasteiger partial charge >= 0.3 is 12.2 Å². The molecular formula is C4H3F5N4. The van der Waals surface area contributed by atoms with Crippen LogP contribution in [-0.2, 0) is 6.05 Å². The Morgan fingerprint density at radius 2 is 1.69 bits per heavy atom. The lowest BCUT2D eigenvalue weighted by Crippen LogP contribution is -2.41. The van der Waals surface area contributed by atoms with Gasteiger partial charge in [0.25, 0.3) is 0 Å². The molecule has 9 heteroatoms. The van der Waals surface area contributed by atoms with Crippen LogP contribution >= 0.6 is 0 Å². The molecule has 0 bridgehead atoms. The second-order valence-electron chi connectivity index (χ2n) is 2.17. The van der Waals surface area contributed by atoms with Gasteiger partial charge in [0.1, 0.15) is 0 Å². The second-order valence-corrected chi connectivity index (χ2v) is 2.17. The lowest BCUT2D eigenvalue weighted by molar-refractivity contribution is -0.333. The van der Waals surface area contributed by atoms with E-state index in [1.807, 2.05) is 0 Å². The predicted molar refractivity (Wildman–Crippen MR) is 28.8 cm³/mol. The lowest BCUT2D eigenvalue weighted by Gasteiger charge is -2.16. The third-order valence-corrected chi connectivity index (χ3v) is 1.11. The summed E-state index contributed by atoms with van der Waals surface area (Å²) < 4.78 is 59.6. The molecule has 0 spiro atoms. The maximum Gasteiger partial charge on any atom is 0.479 e. The minimum absolute atomic E-state index is 0.260. The van der Waals surface area contributed by atoms with Crippen molar-refractivity contribution >= 4 is 0 Å². The van der Waals surface area contributed by atoms with Gasteiger partial charge < -0.3 is 0 Å². The van der Waals surface area contributed by atoms with Crippen LogP contribution in [0.4, 0.5) is 22.0 Å². The first-order chi connectivity index (χ1) is 5.75. The SMILES string of the molecule is Cc1nnn(C(F)(F)C(F)(F)F)n1. The van der Waals surface area contributed by atoms with Crippen LogP contribution < -0.4 is 0 Å². The molecule has 0 aromatic carbocycles. The summed E-state index contributed by atoms with van der Waals surface area (Å²) in [6.07, 6.45) is -5.72. The Labute approximate surface area is 68.3 Å². The summed E-state index contributed by atoms with van der Waals surface area (Å²) in [6, 6.07) is -5.12. The van der Waals surface area contributed by atoms with Crippen LogP contribution in [0.2, 0.25) is 0 Å². The summed E-state index contributed by atoms with van der Waals surface area (Å²) in [5.41, 5.74) is 0. The van der Waals surface area contributed by atoms with Crippen molar-refractivity contribution in [1.82, 2.24) is 20.2 Å². The lowest BCUT2D eigenvalue weighted by atomic mass is 10.5. The average molecular weight is 202 g/mol. The highest BCUT2D eigenvalue weighted by Gasteiger charge is 2.61. The molecule has 0 amide bonds. The molecule has 1 heterocycles. The van der Waals surface area contributed by atoms with Crippen LogP contribution in [0.5, 0.6) is 0 Å². The Morgan fingerprint density at radius 1 is 1.15 bits per heavy atom. The van der Waals surface area contributed by atoms with E-state index in [-0.39, 0.29) is 5.82 Å². The highest BCUT2D eigenvalue weighted by atomic mass is 19.4. The van der Waals surface area contributed by atoms with Gasteiger partial charge in [-0.1, -0.05) is 4.80 Å². The molecule has 74 valence electrons. The van der Waals surface area contributed by atoms with E-state index >= 15 is 0 Å². The number of alkyl halides is 5. The van der Waals surface area contributed by atoms with E-state index in [2.05, 4.69) is 15.4 Å². The topological polar surface area (TPSA) is 43.6 Å². The number of hydrogen-bond donors (Lipinski definition) is 0. The number of hydrogen-bond acceptors (Lipinski definition) is 3. The largest absolute Gasteiger partial charge is 0.479 e. The van der Waals surface area contributed by atoms with Crippen LogP contribution in [0.1, 0.15) is 5.82 Å². The number of nitrogens with zero attached hydrogens (tertiary/aromatic N) is 4. The smallest absolute Gasteiger partial charge is 0.169 e. The molecule has 0 N–H and O–H groups in total. The normalized spacial score (nSPS) is 13.4. The number of aryl methyl sites for hydroxylation is 1. The molecular weight excluding hydrogens is 199 g/mol. The van der Waals surface area contributed by atoms with Gasteiger partial charge in [0, 0.05) is 0 Å². The van der Waals surface area contributed by atoms with Gasteiger partial charge in [0.15, 0.2) is 5.82 Å². The van der Waals surface area contributed by atoms with Crippen molar-refractivity contribution in [1.29, 1.82) is 0 Å². The van der Waals surface area contributed by atoms with Gasteiger partial charge in [-0.3, -0.25) is 0 Å². The Bertz CT molecular complexity index is 302. The number of aromatic nitrogens is 4. The molecule has 0 radical (unpaired) electrons. The molecule has 0 saturated heterocycles. The Kier molecular flexibility index (Phi) is 1.96. The summed E-state index contributed by atoms with van der Waals surface area (Å²) in [7, 11) is 0. The standard InChI is InChI=1S/C4H3F5N4/c1-2-10-12-13(11-2)4(8,9)3(5,6)7/h1H3. The molecule has 0 aliphatic heterocycles. The summed E-state index contributed by atoms with van der Waals surface area (Å²) in [6.45, 7) is 1.15. The molecule has 0 saturated carbocycles. The minimum Gasteiger partial charge on any atom is -0.169 e. The van der Waals surface area contributed by atoms with Crippen molar-refractivity contribution < 1.29 is 22.0 Å². The Morgan fingerprint density at radius 3 is 2.00 bits per heavy atom. The van der Waals surface area contributed by atoms with Gasteiger partial charge in [0.05, 0.1) is 0 Å². The van der Waals surface area contributed by atoms with Crippen LogP contribution in [0, 0.1) is 6.92 Å². The molecule has 0 atom stereocenters. The maximum atomic E-state index is 12.3. The Balaban J connectivity index is 3.07. The zero-order chi connectivity index (χ0) is 10.3. The third kappa shape index (κ3) is 1.58. The molecule has 13 heavy (non-hydrogen) atoms. The quantitative estimate of drug-likeness (QED) is 0.640. The first kappa shape index (κ1) is 9.81. The fraction of sp³-hybridized carbons (Fsp3) is 0.750. The fourth-order valence-electron chi connectivity index (χ4n) is 0.517. The van der Waals surface area contributed by atoms with Crippen LogP contribution in [0.3, 0.4) is 0 Å². The van der Waals surface area contributed by atoms with Gasteiger partial charge in [-0.25, -0.2) is 0 Å². The fourth-order valence-corrected chi connectivity index (χ4v) is 0.517. The number of rotatable bonds is 1. The maximum absolute atomic E-state index is 12.3. The van der Waals surface area contributed by atoms with Crippen molar-refractivity contribution in [2.24, 2.45) is 0 Å². The van der Waals surface area contributed by atoms with E-state index in [1.165, 1.54) is 0 Å². The molecule has 0 aliphatic carbocycles. The number of halogens is 5. The van der Waals surface area contributed by atoms with E-state index < -0.39 is 17.0 Å². The second kappa shape index (κ2) is 2.60. The molecule has 1 aromatic rings. The van der Waals surface area contributed by atoms with Gasteiger partial charge in [0.2, 0.25) is 0 Å². The van der Waals surface area contributed by atoms with Gasteiger partial charge in [-0.15, -0.1) is 10.2 Å². The van der Waals surface area contributed by atoms with Crippen LogP contribution in [0.15, 0.2) is 0 Å². The monoisotopic (exact) mass is 202 g/mol. The molecule has 0 fully saturated rings. The first-order valence-electron chi connectivity index (χ1n) is 2.97. The average Bonchev–Trinajstić information content (AvgIpc) is 2.33. The van der Waals surface area contributed by atoms with Crippen molar-refractivity contribution in [3.63, 3.8) is 0 Å². The van der Waals surface area contributed by atoms with E-state index in [0.717, 1.165) is 6.92 Å². The van der Waals surface area contributed by atoms with E-state index in [0.29, 0.717) is 0 Å². The first-order valence-corrected chi connectivity index (χ1v) is 2.97. The highest BCUT2D eigenvalue weighted by Crippen LogP contribution is 2.38. The highest BCUT2D eigenvalue weighted by molar-refractivity contribution is 4.73. The molecule has 1 aromatic heterocycles. The van der Waals surface area contributed by atoms with Gasteiger partial charge in [-0.05, 0) is 12.1 Å². The molecule has 0 unspecified atom stereocenters. The summed E-state index contributed by atoms with van der Waals surface area (Å²) in [5.74, 6) is -0.260. The zero-order valence-electron chi connectivity index (χ0n) is 6.18. The minimum atomic E-state index is -5.72. The van der Waals surface area contributed by atoms with E-state index in [4.69, 9.17) is 0 Å². The van der Waals surface area contributed by atoms with E-state index in [9.17, 15) is 22.0 Å². The van der Waals surface area contributed by atoms with Crippen molar-refractivity contribution in [3.05, 3.63) is 5.82 Å². The van der Waals surface area contributed by atoms with Crippen molar-refractivity contribution in [2.45, 2.75) is 19.1 Å². The van der Waals surface area contributed by atoms with E-state index in [1.54, 1.807) is 0 Å². The zero-order valence-corrected chi connectivity index (χ0v) is 6.18. The predicted octanol–water partition coefficient (Wildman–Crippen LogP) is 1.09. The molecule has 4 nitrogen and oxygen atoms in total. The van der Waals surface area contributed by atoms with Crippen LogP contribution in [-0.4, -0.2) is 26.4 Å². The van der Waals surface area contributed by atoms with Crippen molar-refractivity contribution in [2.75, 3.05) is 0 Å². The Hall–Kier alpha value is -1.28. The summed E-state index contributed by atoms with van der Waals surface area (Å²) in [5, 5.41) is 8.23. The van der Waals surface area contributed by atoms with Gasteiger partial charge in [-0.2, -0.15) is 22.0 Å². The molecule has 1 rings (SSSR count). The molecule has 0 aliphatic rings. The third-order valence-electron chi connectivity index (χ3n) is 1.11. The number of tetrazole rings is 1. The van der Waals surface area contributed by atoms with Crippen LogP contribution in [0.25, 0.3) is 0 Å². The van der Waals surface area contributed by atoms with Crippen molar-refractivity contribution in [3.8, 4) is 0 Å². The summed E-state index contributed by atoms with van der Waals surface area (Å²) in [4.78, 5) is -0.762. The summed E-state index contributed by atoms with van der Waals surface area (Å²) >= 11 is 0.